The van der Waals surface area contributed by atoms with E-state index >= 15 is 0 Å². The first kappa shape index (κ1) is 71.9. The van der Waals surface area contributed by atoms with Gasteiger partial charge in [0.2, 0.25) is 5.88 Å². The molecule has 0 aliphatic rings. The molecule has 0 fully saturated rings. The number of carboxylic acids is 1. The van der Waals surface area contributed by atoms with Crippen molar-refractivity contribution in [3.05, 3.63) is 94.7 Å². The second-order valence-corrected chi connectivity index (χ2v) is 17.4. The molecule has 74 heavy (non-hydrogen) atoms. The number of aromatic hydroxyl groups is 3. The van der Waals surface area contributed by atoms with Crippen LogP contribution < -0.4 is 124 Å². The molecule has 0 atom stereocenters. The molecule has 42 heteroatoms. The van der Waals surface area contributed by atoms with E-state index in [-0.39, 0.29) is 142 Å². The van der Waals surface area contributed by atoms with Crippen molar-refractivity contribution < 1.29 is 209 Å². The molecule has 0 aliphatic heterocycles. The summed E-state index contributed by atoms with van der Waals surface area (Å²) in [7, 11) is -18.9. The quantitative estimate of drug-likeness (QED) is 0.0126. The minimum absolute atomic E-state index is 0. The average molecular weight is 1080 g/mol. The smallest absolute Gasteiger partial charge is 0.744 e. The molecular weight excluding hydrogens is 1060 g/mol. The van der Waals surface area contributed by atoms with Crippen LogP contribution in [0.25, 0.3) is 16.5 Å². The Kier molecular flexibility index (Phi) is 29.1. The van der Waals surface area contributed by atoms with Crippen molar-refractivity contribution in [2.75, 3.05) is 0 Å². The maximum Gasteiger partial charge on any atom is 1.00 e. The van der Waals surface area contributed by atoms with Crippen molar-refractivity contribution in [1.29, 1.82) is 0 Å². The summed E-state index contributed by atoms with van der Waals surface area (Å²) in [5, 5.41) is 94.6. The molecule has 356 valence electrons. The molecule has 0 radical (unpaired) electrons. The number of phenols is 2. The normalized spacial score (nSPS) is 11.2. The van der Waals surface area contributed by atoms with Gasteiger partial charge in [-0.1, -0.05) is 0 Å². The SMILES string of the molecule is O=C([O-])c1nn(-c2ccc(S(=O)(=O)[O-])cc2)c(O)c1N=Nc1c[c-]c(N=Nc2c(S(=O)(=O)[O-])cc3cc(SOO[O-])c(N=Nc4ccc([N+](=O)[O-])cc4S(=O)(=O)[O-])c(O)c3c2O)cc1.O=S(=O)=O.[Li+].[Li+].[Li+].[Li+].[Li+].[Li+]. The number of rotatable bonds is 15. The van der Waals surface area contributed by atoms with Crippen LogP contribution in [-0.4, -0.2) is 87.5 Å². The van der Waals surface area contributed by atoms with Gasteiger partial charge in [0.25, 0.3) is 5.69 Å². The Hall–Kier alpha value is -4.20. The number of nitro groups is 1. The maximum atomic E-state index is 12.4. The van der Waals surface area contributed by atoms with Gasteiger partial charge in [0.15, 0.2) is 17.2 Å². The predicted molar refractivity (Wildman–Crippen MR) is 209 cm³/mol. The molecule has 1 aromatic heterocycles. The second-order valence-electron chi connectivity index (χ2n) is 12.2. The van der Waals surface area contributed by atoms with Crippen LogP contribution in [0.2, 0.25) is 0 Å². The van der Waals surface area contributed by atoms with Gasteiger partial charge < -0.3 is 44.1 Å². The molecule has 0 unspecified atom stereocenters. The Morgan fingerprint density at radius 2 is 1.27 bits per heavy atom. The Bertz CT molecular complexity index is 3600. The first-order chi connectivity index (χ1) is 31.7. The van der Waals surface area contributed by atoms with Gasteiger partial charge in [-0.3, -0.25) is 15.2 Å². The Labute approximate surface area is 491 Å². The third kappa shape index (κ3) is 18.0. The Morgan fingerprint density at radius 3 is 1.77 bits per heavy atom. The van der Waals surface area contributed by atoms with Crippen LogP contribution in [0.1, 0.15) is 10.5 Å². The topological polar surface area (TPSA) is 500 Å². The molecule has 3 N–H and O–H groups in total. The zero-order valence-corrected chi connectivity index (χ0v) is 42.2. The summed E-state index contributed by atoms with van der Waals surface area (Å²) in [6.07, 6.45) is 0. The van der Waals surface area contributed by atoms with E-state index < -0.39 is 134 Å². The molecule has 0 spiro atoms. The van der Waals surface area contributed by atoms with Gasteiger partial charge in [-0.05, 0) is 59.2 Å². The van der Waals surface area contributed by atoms with Crippen LogP contribution in [0.3, 0.4) is 0 Å². The van der Waals surface area contributed by atoms with Crippen molar-refractivity contribution >= 4 is 110 Å². The molecule has 0 saturated heterocycles. The maximum absolute atomic E-state index is 12.4. The van der Waals surface area contributed by atoms with Gasteiger partial charge in [0.05, 0.1) is 53.6 Å². The number of hydrogen-bond acceptors (Lipinski definition) is 30. The first-order valence-electron chi connectivity index (χ1n) is 16.7. The van der Waals surface area contributed by atoms with E-state index in [9.17, 15) is 79.5 Å². The number of aromatic carboxylic acids is 1. The Morgan fingerprint density at radius 1 is 0.716 bits per heavy atom. The zero-order chi connectivity index (χ0) is 50.5. The Balaban J connectivity index is 0. The number of hydrogen-bond donors (Lipinski definition) is 3. The number of nitro benzene ring substituents is 1. The molecule has 6 rings (SSSR count). The molecule has 0 amide bonds. The van der Waals surface area contributed by atoms with Crippen LogP contribution in [0, 0.1) is 16.2 Å². The number of benzene rings is 5. The number of carboxylic acid groups (broad SMARTS) is 1. The van der Waals surface area contributed by atoms with Crippen LogP contribution in [0.5, 0.6) is 17.4 Å². The summed E-state index contributed by atoms with van der Waals surface area (Å²) in [5.41, 5.74) is -5.55. The fourth-order valence-electron chi connectivity index (χ4n) is 5.27. The number of phenolic OH excluding ortho intramolecular Hbond substituents is 2. The van der Waals surface area contributed by atoms with E-state index in [4.69, 9.17) is 12.6 Å². The summed E-state index contributed by atoms with van der Waals surface area (Å²) < 4.78 is 137. The standard InChI is InChI=1S/C32H20N9O19S4.6Li.O3S/c42-29-24-14(11-21(61-60-59-49)25(29)36-35-20-10-7-18(41(47)48)13-22(20)63(53,54)55)12-23(64(56,57)58)26(30(24)43)37-33-15-1-3-16(4-2-15)34-38-27-28(32(45)46)39-40(31(27)44)17-5-8-19(9-6-17)62(50,51)52;;;;;;;1-4(2)3/h1,3-13,42-44,49H,(H,45,46)(H,50,51,52)(H,53,54,55)(H,56,57,58);;;;;;;/q-1;6*+1;/p-5. The van der Waals surface area contributed by atoms with E-state index in [1.54, 1.807) is 0 Å². The summed E-state index contributed by atoms with van der Waals surface area (Å²) in [4.78, 5) is 18.4. The van der Waals surface area contributed by atoms with E-state index in [0.717, 1.165) is 60.7 Å². The third-order valence-electron chi connectivity index (χ3n) is 8.06. The second kappa shape index (κ2) is 29.9. The molecule has 5 aromatic carbocycles. The van der Waals surface area contributed by atoms with Gasteiger partial charge in [-0.25, -0.2) is 30.4 Å². The fraction of sp³-hybridized carbons (Fsp3) is 0. The van der Waals surface area contributed by atoms with E-state index in [1.165, 1.54) is 0 Å². The van der Waals surface area contributed by atoms with Crippen molar-refractivity contribution in [3.8, 4) is 23.1 Å². The summed E-state index contributed by atoms with van der Waals surface area (Å²) in [5.74, 6) is -5.17. The van der Waals surface area contributed by atoms with Crippen LogP contribution >= 0.6 is 12.0 Å². The van der Waals surface area contributed by atoms with Crippen molar-refractivity contribution in [2.45, 2.75) is 19.6 Å². The van der Waals surface area contributed by atoms with Gasteiger partial charge in [0, 0.05) is 12.1 Å². The molecule has 0 saturated carbocycles. The minimum Gasteiger partial charge on any atom is -0.744 e. The van der Waals surface area contributed by atoms with Gasteiger partial charge >= 0.3 is 124 Å². The van der Waals surface area contributed by atoms with Gasteiger partial charge in [0.1, 0.15) is 53.1 Å². The van der Waals surface area contributed by atoms with Crippen LogP contribution in [0.15, 0.2) is 123 Å². The van der Waals surface area contributed by atoms with Crippen molar-refractivity contribution in [3.63, 3.8) is 0 Å². The number of carbonyl (C=O) groups is 1. The van der Waals surface area contributed by atoms with E-state index in [1.807, 2.05) is 0 Å². The third-order valence-corrected chi connectivity index (χ3v) is 11.2. The molecule has 0 bridgehead atoms. The van der Waals surface area contributed by atoms with Crippen LogP contribution in [0.4, 0.5) is 39.8 Å². The number of azo groups is 3. The number of carbonyl (C=O) groups excluding carboxylic acids is 1. The van der Waals surface area contributed by atoms with Crippen molar-refractivity contribution in [1.82, 2.24) is 9.78 Å². The fourth-order valence-corrected chi connectivity index (χ4v) is 7.51. The summed E-state index contributed by atoms with van der Waals surface area (Å²) in [6, 6.07) is 13.0. The number of aromatic nitrogens is 2. The molecule has 31 nitrogen and oxygen atoms in total. The van der Waals surface area contributed by atoms with Crippen LogP contribution in [-0.2, 0) is 50.3 Å². The van der Waals surface area contributed by atoms with E-state index in [0.29, 0.717) is 16.8 Å². The van der Waals surface area contributed by atoms with Crippen molar-refractivity contribution in [2.24, 2.45) is 30.7 Å². The molecule has 6 aromatic rings. The van der Waals surface area contributed by atoms with E-state index in [2.05, 4.69) is 51.2 Å². The molecule has 1 heterocycles. The predicted octanol–water partition coefficient (Wildman–Crippen LogP) is -15.6. The number of fused-ring (bicyclic) bond motifs is 1. The number of non-ortho nitro benzene ring substituents is 1. The molecular formula is C32H15Li6N9O22S5. The molecule has 0 aliphatic carbocycles. The summed E-state index contributed by atoms with van der Waals surface area (Å²) >= 11 is 0.00678. The average Bonchev–Trinajstić information content (AvgIpc) is 3.58. The monoisotopic (exact) mass is 1080 g/mol. The summed E-state index contributed by atoms with van der Waals surface area (Å²) in [6.45, 7) is 0. The van der Waals surface area contributed by atoms with Gasteiger partial charge in [-0.2, -0.15) is 30.4 Å². The largest absolute Gasteiger partial charge is 1.00 e. The minimum atomic E-state index is -5.54. The first-order valence-corrected chi connectivity index (χ1v) is 22.7. The number of nitrogens with zero attached hydrogens (tertiary/aromatic N) is 9. The zero-order valence-electron chi connectivity index (χ0n) is 38.1. The van der Waals surface area contributed by atoms with Gasteiger partial charge in [-0.15, -0.1) is 46.2 Å².